The summed E-state index contributed by atoms with van der Waals surface area (Å²) in [5, 5.41) is 3.19. The van der Waals surface area contributed by atoms with Crippen LogP contribution in [0.4, 0.5) is 5.69 Å². The highest BCUT2D eigenvalue weighted by atomic mass is 35.5. The summed E-state index contributed by atoms with van der Waals surface area (Å²) in [4.78, 5) is 13.0. The number of carbonyl (C=O) groups is 1. The fourth-order valence-electron chi connectivity index (χ4n) is 3.08. The Labute approximate surface area is 188 Å². The van der Waals surface area contributed by atoms with Gasteiger partial charge in [-0.2, -0.15) is 13.5 Å². The lowest BCUT2D eigenvalue weighted by atomic mass is 10.1. The molecule has 1 atom stereocenters. The van der Waals surface area contributed by atoms with Crippen LogP contribution in [0.25, 0.3) is 11.0 Å². The minimum absolute atomic E-state index is 0.0210. The Kier molecular flexibility index (Phi) is 6.28. The van der Waals surface area contributed by atoms with Gasteiger partial charge < -0.3 is 5.32 Å². The third-order valence-corrected chi connectivity index (χ3v) is 6.81. The van der Waals surface area contributed by atoms with Gasteiger partial charge in [-0.15, -0.1) is 0 Å². The van der Waals surface area contributed by atoms with Crippen LogP contribution in [-0.2, 0) is 21.2 Å². The van der Waals surface area contributed by atoms with Crippen LogP contribution in [0.15, 0.2) is 77.7 Å². The molecular formula is C21H17ClN4O3S2. The molecule has 3 aromatic carbocycles. The molecule has 158 valence electrons. The summed E-state index contributed by atoms with van der Waals surface area (Å²) in [6.45, 7) is 0. The Morgan fingerprint density at radius 1 is 1.00 bits per heavy atom. The maximum atomic E-state index is 13.2. The Hall–Kier alpha value is -2.85. The Balaban J connectivity index is 1.65. The van der Waals surface area contributed by atoms with Crippen molar-refractivity contribution in [2.45, 2.75) is 17.4 Å². The number of amides is 1. The lowest BCUT2D eigenvalue weighted by molar-refractivity contribution is -0.117. The Bertz CT molecular complexity index is 1330. The van der Waals surface area contributed by atoms with Gasteiger partial charge in [0.25, 0.3) is 0 Å². The van der Waals surface area contributed by atoms with Crippen LogP contribution in [0.3, 0.4) is 0 Å². The van der Waals surface area contributed by atoms with Gasteiger partial charge in [0, 0.05) is 10.7 Å². The Morgan fingerprint density at radius 3 is 2.55 bits per heavy atom. The van der Waals surface area contributed by atoms with Crippen LogP contribution in [0.1, 0.15) is 5.56 Å². The molecule has 0 aliphatic carbocycles. The summed E-state index contributed by atoms with van der Waals surface area (Å²) in [7, 11) is -4.05. The molecule has 4 aromatic rings. The number of carbonyl (C=O) groups excluding carboxylic acids is 1. The van der Waals surface area contributed by atoms with Gasteiger partial charge in [0.1, 0.15) is 22.0 Å². The maximum absolute atomic E-state index is 13.2. The molecule has 0 aliphatic heterocycles. The van der Waals surface area contributed by atoms with Crippen molar-refractivity contribution in [3.8, 4) is 0 Å². The van der Waals surface area contributed by atoms with Gasteiger partial charge in [0.2, 0.25) is 15.9 Å². The summed E-state index contributed by atoms with van der Waals surface area (Å²) in [6, 6.07) is 19.5. The normalized spacial score (nSPS) is 12.5. The van der Waals surface area contributed by atoms with Gasteiger partial charge in [-0.25, -0.2) is 8.42 Å². The van der Waals surface area contributed by atoms with Crippen molar-refractivity contribution in [3.63, 3.8) is 0 Å². The van der Waals surface area contributed by atoms with E-state index >= 15 is 0 Å². The van der Waals surface area contributed by atoms with E-state index in [4.69, 9.17) is 11.6 Å². The molecule has 1 amide bonds. The fraction of sp³-hybridized carbons (Fsp3) is 0.0952. The van der Waals surface area contributed by atoms with Crippen LogP contribution in [-0.4, -0.2) is 29.1 Å². The van der Waals surface area contributed by atoms with Crippen molar-refractivity contribution >= 4 is 56.0 Å². The van der Waals surface area contributed by atoms with E-state index < -0.39 is 22.0 Å². The predicted octanol–water partition coefficient (Wildman–Crippen LogP) is 3.87. The highest BCUT2D eigenvalue weighted by molar-refractivity contribution is 7.89. The number of hydrogen-bond donors (Lipinski definition) is 2. The first-order valence-corrected chi connectivity index (χ1v) is 11.9. The number of fused-ring (bicyclic) bond motifs is 1. The summed E-state index contributed by atoms with van der Waals surface area (Å²) in [5.41, 5.74) is 2.04. The van der Waals surface area contributed by atoms with Crippen LogP contribution in [0, 0.1) is 0 Å². The van der Waals surface area contributed by atoms with Crippen LogP contribution >= 0.6 is 23.3 Å². The number of hydrogen-bond acceptors (Lipinski definition) is 6. The zero-order chi connectivity index (χ0) is 21.8. The number of nitrogens with zero attached hydrogens (tertiary/aromatic N) is 2. The number of anilines is 1. The van der Waals surface area contributed by atoms with Crippen LogP contribution < -0.4 is 10.0 Å². The van der Waals surface area contributed by atoms with Crippen LogP contribution in [0.2, 0.25) is 5.02 Å². The highest BCUT2D eigenvalue weighted by Gasteiger charge is 2.28. The van der Waals surface area contributed by atoms with Gasteiger partial charge in [0.15, 0.2) is 0 Å². The first-order chi connectivity index (χ1) is 14.9. The molecule has 0 aliphatic rings. The molecule has 0 saturated carbocycles. The van der Waals surface area contributed by atoms with E-state index in [9.17, 15) is 13.2 Å². The summed E-state index contributed by atoms with van der Waals surface area (Å²) >= 11 is 6.92. The second-order valence-corrected chi connectivity index (χ2v) is 9.40. The van der Waals surface area contributed by atoms with Gasteiger partial charge in [-0.3, -0.25) is 4.79 Å². The zero-order valence-corrected chi connectivity index (χ0v) is 18.4. The highest BCUT2D eigenvalue weighted by Crippen LogP contribution is 2.22. The third kappa shape index (κ3) is 5.08. The molecule has 0 unspecified atom stereocenters. The number of halogens is 1. The number of benzene rings is 3. The quantitative estimate of drug-likeness (QED) is 0.425. The SMILES string of the molecule is O=C(Nc1cccc(Cl)c1)[C@@H](Cc1ccccc1)NS(=O)(=O)c1cccc2nsnc12. The maximum Gasteiger partial charge on any atom is 0.243 e. The predicted molar refractivity (Wildman–Crippen MR) is 122 cm³/mol. The Morgan fingerprint density at radius 2 is 1.77 bits per heavy atom. The molecule has 10 heteroatoms. The van der Waals surface area contributed by atoms with Gasteiger partial charge in [0.05, 0.1) is 11.7 Å². The molecule has 4 rings (SSSR count). The molecule has 0 fully saturated rings. The van der Waals surface area contributed by atoms with Crippen molar-refractivity contribution in [2.75, 3.05) is 5.32 Å². The van der Waals surface area contributed by atoms with E-state index in [1.807, 2.05) is 30.3 Å². The molecule has 0 spiro atoms. The zero-order valence-electron chi connectivity index (χ0n) is 16.0. The lowest BCUT2D eigenvalue weighted by Crippen LogP contribution is -2.45. The van der Waals surface area contributed by atoms with Crippen molar-refractivity contribution in [3.05, 3.63) is 83.4 Å². The van der Waals surface area contributed by atoms with E-state index in [1.54, 1.807) is 36.4 Å². The molecule has 31 heavy (non-hydrogen) atoms. The monoisotopic (exact) mass is 472 g/mol. The average Bonchev–Trinajstić information content (AvgIpc) is 3.22. The molecular weight excluding hydrogens is 456 g/mol. The largest absolute Gasteiger partial charge is 0.325 e. The summed E-state index contributed by atoms with van der Waals surface area (Å²) < 4.78 is 37.1. The van der Waals surface area contributed by atoms with Crippen molar-refractivity contribution in [1.82, 2.24) is 13.5 Å². The first-order valence-electron chi connectivity index (χ1n) is 9.26. The standard InChI is InChI=1S/C21H17ClN4O3S2/c22-15-8-4-9-16(13-15)23-21(27)18(12-14-6-2-1-3-7-14)26-31(28,29)19-11-5-10-17-20(19)25-30-24-17/h1-11,13,18,26H,12H2,(H,23,27)/t18-/m1/s1. The number of rotatable bonds is 7. The molecule has 1 heterocycles. The average molecular weight is 473 g/mol. The molecule has 0 radical (unpaired) electrons. The first kappa shape index (κ1) is 21.4. The van der Waals surface area contributed by atoms with E-state index in [-0.39, 0.29) is 16.8 Å². The molecule has 7 nitrogen and oxygen atoms in total. The van der Waals surface area contributed by atoms with E-state index in [0.29, 0.717) is 16.2 Å². The second kappa shape index (κ2) is 9.11. The molecule has 1 aromatic heterocycles. The van der Waals surface area contributed by atoms with Gasteiger partial charge >= 0.3 is 0 Å². The number of nitrogens with one attached hydrogen (secondary N) is 2. The summed E-state index contributed by atoms with van der Waals surface area (Å²) in [6.07, 6.45) is 0.164. The minimum Gasteiger partial charge on any atom is -0.325 e. The van der Waals surface area contributed by atoms with Gasteiger partial charge in [-0.05, 0) is 42.3 Å². The minimum atomic E-state index is -4.05. The third-order valence-electron chi connectivity index (χ3n) is 4.53. The smallest absolute Gasteiger partial charge is 0.243 e. The molecule has 2 N–H and O–H groups in total. The fourth-order valence-corrected chi connectivity index (χ4v) is 5.23. The molecule has 0 saturated heterocycles. The number of sulfonamides is 1. The van der Waals surface area contributed by atoms with Crippen LogP contribution in [0.5, 0.6) is 0 Å². The summed E-state index contributed by atoms with van der Waals surface area (Å²) in [5.74, 6) is -0.502. The van der Waals surface area contributed by atoms with E-state index in [1.165, 1.54) is 6.07 Å². The van der Waals surface area contributed by atoms with Crippen molar-refractivity contribution in [2.24, 2.45) is 0 Å². The van der Waals surface area contributed by atoms with Crippen molar-refractivity contribution in [1.29, 1.82) is 0 Å². The van der Waals surface area contributed by atoms with E-state index in [2.05, 4.69) is 18.8 Å². The second-order valence-electron chi connectivity index (χ2n) is 6.75. The molecule has 0 bridgehead atoms. The number of aromatic nitrogens is 2. The van der Waals surface area contributed by atoms with Crippen molar-refractivity contribution < 1.29 is 13.2 Å². The van der Waals surface area contributed by atoms with E-state index in [0.717, 1.165) is 17.3 Å². The lowest BCUT2D eigenvalue weighted by Gasteiger charge is -2.19. The van der Waals surface area contributed by atoms with Gasteiger partial charge in [-0.1, -0.05) is 54.1 Å². The topological polar surface area (TPSA) is 101 Å².